The number of nitrogens with one attached hydrogen (secondary N) is 1. The molecule has 9 nitrogen and oxygen atoms in total. The van der Waals surface area contributed by atoms with Crippen LogP contribution >= 0.6 is 23.2 Å². The van der Waals surface area contributed by atoms with Crippen molar-refractivity contribution < 1.29 is 19.4 Å². The van der Waals surface area contributed by atoms with Crippen molar-refractivity contribution in [3.8, 4) is 23.3 Å². The number of carboxylic acid groups (broad SMARTS) is 1. The highest BCUT2D eigenvalue weighted by Gasteiger charge is 2.21. The van der Waals surface area contributed by atoms with E-state index in [4.69, 9.17) is 32.7 Å². The van der Waals surface area contributed by atoms with Crippen LogP contribution in [0.25, 0.3) is 22.2 Å². The molecular formula is C23H19Cl2N5O4. The van der Waals surface area contributed by atoms with Gasteiger partial charge in [0.05, 0.1) is 35.5 Å². The summed E-state index contributed by atoms with van der Waals surface area (Å²) in [5, 5.41) is 14.4. The number of aromatic nitrogens is 4. The Morgan fingerprint density at radius 2 is 1.65 bits per heavy atom. The predicted molar refractivity (Wildman–Crippen MR) is 129 cm³/mol. The van der Waals surface area contributed by atoms with Crippen LogP contribution in [-0.4, -0.2) is 51.3 Å². The lowest BCUT2D eigenvalue weighted by Gasteiger charge is -2.15. The average molecular weight is 500 g/mol. The Labute approximate surface area is 204 Å². The Morgan fingerprint density at radius 1 is 0.971 bits per heavy atom. The number of benzene rings is 2. The lowest BCUT2D eigenvalue weighted by molar-refractivity contribution is -0.137. The topological polar surface area (TPSA) is 119 Å². The van der Waals surface area contributed by atoms with Gasteiger partial charge >= 0.3 is 18.0 Å². The summed E-state index contributed by atoms with van der Waals surface area (Å²) in [6.07, 6.45) is 0.166. The van der Waals surface area contributed by atoms with Gasteiger partial charge in [0, 0.05) is 17.4 Å². The zero-order valence-electron chi connectivity index (χ0n) is 18.1. The molecular weight excluding hydrogens is 481 g/mol. The molecule has 34 heavy (non-hydrogen) atoms. The van der Waals surface area contributed by atoms with Crippen LogP contribution in [0.5, 0.6) is 12.0 Å². The fourth-order valence-electron chi connectivity index (χ4n) is 3.36. The second-order valence-electron chi connectivity index (χ2n) is 7.19. The first-order valence-electron chi connectivity index (χ1n) is 10.1. The number of pyridine rings is 1. The molecule has 0 aliphatic heterocycles. The maximum atomic E-state index is 11.9. The summed E-state index contributed by atoms with van der Waals surface area (Å²) in [5.74, 6) is -1.04. The highest BCUT2D eigenvalue weighted by Crippen LogP contribution is 2.34. The molecule has 0 radical (unpaired) electrons. The number of hydrogen-bond acceptors (Lipinski definition) is 8. The van der Waals surface area contributed by atoms with E-state index >= 15 is 0 Å². The van der Waals surface area contributed by atoms with E-state index in [1.807, 2.05) is 30.3 Å². The number of rotatable bonds is 8. The molecule has 0 spiro atoms. The van der Waals surface area contributed by atoms with Crippen LogP contribution in [0.4, 0.5) is 5.95 Å². The Hall–Kier alpha value is -3.69. The van der Waals surface area contributed by atoms with Crippen molar-refractivity contribution >= 4 is 46.0 Å². The van der Waals surface area contributed by atoms with Gasteiger partial charge in [-0.05, 0) is 35.9 Å². The van der Waals surface area contributed by atoms with Crippen LogP contribution in [-0.2, 0) is 11.2 Å². The number of carbonyl (C=O) groups is 1. The normalized spacial score (nSPS) is 11.8. The van der Waals surface area contributed by atoms with E-state index in [0.717, 1.165) is 16.5 Å². The Morgan fingerprint density at radius 3 is 2.26 bits per heavy atom. The van der Waals surface area contributed by atoms with Crippen molar-refractivity contribution in [2.24, 2.45) is 0 Å². The molecule has 0 aliphatic rings. The van der Waals surface area contributed by atoms with Gasteiger partial charge in [-0.15, -0.1) is 4.98 Å². The van der Waals surface area contributed by atoms with Gasteiger partial charge < -0.3 is 19.9 Å². The molecule has 0 saturated heterocycles. The van der Waals surface area contributed by atoms with Gasteiger partial charge in [-0.25, -0.2) is 9.78 Å². The number of nitrogens with zero attached hydrogens (tertiary/aromatic N) is 4. The number of fused-ring (bicyclic) bond motifs is 1. The maximum Gasteiger partial charge on any atom is 0.326 e. The highest BCUT2D eigenvalue weighted by molar-refractivity contribution is 6.39. The minimum absolute atomic E-state index is 0.00435. The SMILES string of the molecule is COc1nc(NC(Cc2ccc3nc(-c4c(Cl)cccc4Cl)ccc3c2)C(=O)O)nc(OC)n1. The van der Waals surface area contributed by atoms with E-state index in [-0.39, 0.29) is 24.4 Å². The number of methoxy groups -OCH3 is 2. The molecule has 0 amide bonds. The maximum absolute atomic E-state index is 11.9. The Bertz CT molecular complexity index is 1330. The molecule has 1 atom stereocenters. The third-order valence-electron chi connectivity index (χ3n) is 4.97. The van der Waals surface area contributed by atoms with Crippen LogP contribution in [0, 0.1) is 0 Å². The minimum Gasteiger partial charge on any atom is -0.480 e. The van der Waals surface area contributed by atoms with Crippen molar-refractivity contribution in [2.45, 2.75) is 12.5 Å². The fraction of sp³-hybridized carbons (Fsp3) is 0.174. The van der Waals surface area contributed by atoms with Gasteiger partial charge in [0.1, 0.15) is 6.04 Å². The summed E-state index contributed by atoms with van der Waals surface area (Å²) < 4.78 is 10.0. The average Bonchev–Trinajstić information content (AvgIpc) is 2.83. The first-order chi connectivity index (χ1) is 16.4. The molecule has 0 fully saturated rings. The van der Waals surface area contributed by atoms with E-state index in [2.05, 4.69) is 25.3 Å². The van der Waals surface area contributed by atoms with Crippen LogP contribution in [0.1, 0.15) is 5.56 Å². The van der Waals surface area contributed by atoms with E-state index in [1.165, 1.54) is 14.2 Å². The molecule has 4 aromatic rings. The molecule has 0 aliphatic carbocycles. The number of carboxylic acids is 1. The summed E-state index contributed by atoms with van der Waals surface area (Å²) in [5.41, 5.74) is 2.82. The van der Waals surface area contributed by atoms with Gasteiger partial charge in [0.15, 0.2) is 0 Å². The van der Waals surface area contributed by atoms with Gasteiger partial charge in [-0.3, -0.25) is 0 Å². The highest BCUT2D eigenvalue weighted by atomic mass is 35.5. The van der Waals surface area contributed by atoms with Crippen LogP contribution in [0.2, 0.25) is 10.0 Å². The predicted octanol–water partition coefficient (Wildman–Crippen LogP) is 4.52. The molecule has 0 bridgehead atoms. The zero-order valence-corrected chi connectivity index (χ0v) is 19.6. The number of anilines is 1. The second-order valence-corrected chi connectivity index (χ2v) is 8.01. The molecule has 2 aromatic carbocycles. The number of halogens is 2. The van der Waals surface area contributed by atoms with Gasteiger partial charge in [-0.1, -0.05) is 41.4 Å². The number of hydrogen-bond donors (Lipinski definition) is 2. The Balaban J connectivity index is 1.59. The molecule has 11 heteroatoms. The minimum atomic E-state index is -1.07. The summed E-state index contributed by atoms with van der Waals surface area (Å²) in [6, 6.07) is 13.5. The zero-order chi connectivity index (χ0) is 24.2. The number of ether oxygens (including phenoxy) is 2. The third-order valence-corrected chi connectivity index (χ3v) is 5.60. The largest absolute Gasteiger partial charge is 0.480 e. The molecule has 1 unspecified atom stereocenters. The van der Waals surface area contributed by atoms with Gasteiger partial charge in [0.2, 0.25) is 5.95 Å². The summed E-state index contributed by atoms with van der Waals surface area (Å²) in [6.45, 7) is 0. The number of aliphatic carboxylic acids is 1. The third kappa shape index (κ3) is 5.11. The molecule has 4 rings (SSSR count). The first kappa shape index (κ1) is 23.5. The smallest absolute Gasteiger partial charge is 0.326 e. The van der Waals surface area contributed by atoms with Crippen LogP contribution in [0.3, 0.4) is 0 Å². The van der Waals surface area contributed by atoms with Crippen LogP contribution in [0.15, 0.2) is 48.5 Å². The molecule has 0 saturated carbocycles. The van der Waals surface area contributed by atoms with Crippen molar-refractivity contribution in [3.05, 3.63) is 64.1 Å². The first-order valence-corrected chi connectivity index (χ1v) is 10.8. The van der Waals surface area contributed by atoms with Gasteiger partial charge in [0.25, 0.3) is 0 Å². The monoisotopic (exact) mass is 499 g/mol. The molecule has 2 heterocycles. The van der Waals surface area contributed by atoms with Crippen molar-refractivity contribution in [3.63, 3.8) is 0 Å². The van der Waals surface area contributed by atoms with E-state index in [1.54, 1.807) is 18.2 Å². The molecule has 2 aromatic heterocycles. The van der Waals surface area contributed by atoms with Crippen LogP contribution < -0.4 is 14.8 Å². The fourth-order valence-corrected chi connectivity index (χ4v) is 3.95. The summed E-state index contributed by atoms with van der Waals surface area (Å²) in [7, 11) is 2.78. The summed E-state index contributed by atoms with van der Waals surface area (Å²) >= 11 is 12.6. The molecule has 174 valence electrons. The molecule has 2 N–H and O–H groups in total. The lowest BCUT2D eigenvalue weighted by atomic mass is 10.0. The van der Waals surface area contributed by atoms with E-state index in [9.17, 15) is 9.90 Å². The van der Waals surface area contributed by atoms with Crippen molar-refractivity contribution in [1.29, 1.82) is 0 Å². The van der Waals surface area contributed by atoms with Crippen molar-refractivity contribution in [1.82, 2.24) is 19.9 Å². The van der Waals surface area contributed by atoms with Gasteiger partial charge in [-0.2, -0.15) is 9.97 Å². The Kier molecular flexibility index (Phi) is 6.95. The van der Waals surface area contributed by atoms with E-state index in [0.29, 0.717) is 21.3 Å². The second kappa shape index (κ2) is 10.1. The standard InChI is InChI=1S/C23H19Cl2N5O4/c1-33-22-28-21(29-23(30-22)34-2)27-18(20(31)32)11-12-6-8-16-13(10-12)7-9-17(26-16)19-14(24)4-3-5-15(19)25/h3-10,18H,11H2,1-2H3,(H,31,32)(H,27,28,29,30). The quantitative estimate of drug-likeness (QED) is 0.360. The van der Waals surface area contributed by atoms with E-state index < -0.39 is 12.0 Å². The lowest BCUT2D eigenvalue weighted by Crippen LogP contribution is -2.32. The van der Waals surface area contributed by atoms with Crippen molar-refractivity contribution in [2.75, 3.05) is 19.5 Å². The summed E-state index contributed by atoms with van der Waals surface area (Å²) in [4.78, 5) is 28.6.